The number of halogens is 1. The van der Waals surface area contributed by atoms with Crippen LogP contribution < -0.4 is 9.47 Å². The topological polar surface area (TPSA) is 48.4 Å². The second-order valence-electron chi connectivity index (χ2n) is 3.78. The van der Waals surface area contributed by atoms with Crippen molar-refractivity contribution >= 4 is 17.9 Å². The van der Waals surface area contributed by atoms with Gasteiger partial charge in [-0.1, -0.05) is 11.6 Å². The van der Waals surface area contributed by atoms with Gasteiger partial charge in [0.25, 0.3) is 0 Å². The number of methoxy groups -OCH3 is 1. The summed E-state index contributed by atoms with van der Waals surface area (Å²) in [7, 11) is 1.54. The predicted molar refractivity (Wildman–Crippen MR) is 72.0 cm³/mol. The zero-order valence-electron chi connectivity index (χ0n) is 10.3. The number of carbonyl (C=O) groups is 1. The van der Waals surface area contributed by atoms with Crippen molar-refractivity contribution in [2.45, 2.75) is 6.61 Å². The van der Waals surface area contributed by atoms with Crippen molar-refractivity contribution in [1.29, 1.82) is 0 Å². The van der Waals surface area contributed by atoms with Crippen LogP contribution in [0.15, 0.2) is 36.7 Å². The molecule has 0 aliphatic heterocycles. The molecule has 5 heteroatoms. The van der Waals surface area contributed by atoms with E-state index in [1.807, 2.05) is 0 Å². The van der Waals surface area contributed by atoms with Crippen LogP contribution in [-0.4, -0.2) is 18.4 Å². The fraction of sp³-hybridized carbons (Fsp3) is 0.143. The summed E-state index contributed by atoms with van der Waals surface area (Å²) in [6.45, 7) is 0.272. The van der Waals surface area contributed by atoms with E-state index in [0.717, 1.165) is 11.8 Å². The number of hydrogen-bond acceptors (Lipinski definition) is 4. The highest BCUT2D eigenvalue weighted by molar-refractivity contribution is 6.31. The molecule has 0 fully saturated rings. The molecule has 1 aromatic carbocycles. The number of nitrogens with zero attached hydrogens (tertiary/aromatic N) is 1. The van der Waals surface area contributed by atoms with E-state index in [-0.39, 0.29) is 6.61 Å². The summed E-state index contributed by atoms with van der Waals surface area (Å²) in [6.07, 6.45) is 3.92. The van der Waals surface area contributed by atoms with Gasteiger partial charge in [0.1, 0.15) is 18.1 Å². The van der Waals surface area contributed by atoms with Crippen LogP contribution >= 0.6 is 11.6 Å². The van der Waals surface area contributed by atoms with Gasteiger partial charge in [0.15, 0.2) is 6.29 Å². The first kappa shape index (κ1) is 13.4. The summed E-state index contributed by atoms with van der Waals surface area (Å²) in [6, 6.07) is 6.82. The standard InChI is InChI=1S/C14H12ClNO3/c1-18-12-2-3-14(11(6-12)8-17)19-9-10-4-5-16-7-13(10)15/h2-8H,9H2,1H3. The number of rotatable bonds is 5. The van der Waals surface area contributed by atoms with E-state index in [0.29, 0.717) is 22.1 Å². The molecule has 1 heterocycles. The first-order chi connectivity index (χ1) is 9.24. The highest BCUT2D eigenvalue weighted by Gasteiger charge is 2.06. The van der Waals surface area contributed by atoms with Gasteiger partial charge in [-0.2, -0.15) is 0 Å². The Labute approximate surface area is 115 Å². The summed E-state index contributed by atoms with van der Waals surface area (Å²) in [5.41, 5.74) is 1.24. The molecule has 2 aromatic rings. The minimum Gasteiger partial charge on any atom is -0.497 e. The Balaban J connectivity index is 2.15. The SMILES string of the molecule is COc1ccc(OCc2ccncc2Cl)c(C=O)c1. The van der Waals surface area contributed by atoms with Gasteiger partial charge < -0.3 is 9.47 Å². The van der Waals surface area contributed by atoms with E-state index in [2.05, 4.69) is 4.98 Å². The number of pyridine rings is 1. The minimum atomic E-state index is 0.272. The van der Waals surface area contributed by atoms with Gasteiger partial charge in [0.2, 0.25) is 0 Å². The van der Waals surface area contributed by atoms with Gasteiger partial charge >= 0.3 is 0 Å². The molecular formula is C14H12ClNO3. The van der Waals surface area contributed by atoms with Gasteiger partial charge in [-0.15, -0.1) is 0 Å². The number of hydrogen-bond donors (Lipinski definition) is 0. The number of aldehydes is 1. The van der Waals surface area contributed by atoms with Gasteiger partial charge in [-0.3, -0.25) is 9.78 Å². The largest absolute Gasteiger partial charge is 0.497 e. The molecule has 0 aliphatic rings. The molecule has 1 aromatic heterocycles. The van der Waals surface area contributed by atoms with Crippen molar-refractivity contribution in [3.63, 3.8) is 0 Å². The highest BCUT2D eigenvalue weighted by atomic mass is 35.5. The second kappa shape index (κ2) is 6.20. The van der Waals surface area contributed by atoms with Crippen LogP contribution in [0.3, 0.4) is 0 Å². The Hall–Kier alpha value is -2.07. The van der Waals surface area contributed by atoms with Crippen molar-refractivity contribution in [1.82, 2.24) is 4.98 Å². The Morgan fingerprint density at radius 2 is 2.21 bits per heavy atom. The number of aromatic nitrogens is 1. The molecule has 98 valence electrons. The van der Waals surface area contributed by atoms with Crippen LogP contribution in [0.25, 0.3) is 0 Å². The van der Waals surface area contributed by atoms with Gasteiger partial charge in [0.05, 0.1) is 17.7 Å². The second-order valence-corrected chi connectivity index (χ2v) is 4.18. The molecule has 0 unspecified atom stereocenters. The molecule has 0 spiro atoms. The summed E-state index contributed by atoms with van der Waals surface area (Å²) in [5.74, 6) is 1.10. The molecule has 0 atom stereocenters. The van der Waals surface area contributed by atoms with E-state index in [1.54, 1.807) is 43.8 Å². The predicted octanol–water partition coefficient (Wildman–Crippen LogP) is 3.14. The highest BCUT2D eigenvalue weighted by Crippen LogP contribution is 2.24. The lowest BCUT2D eigenvalue weighted by Gasteiger charge is -2.10. The third-order valence-corrected chi connectivity index (χ3v) is 2.92. The Morgan fingerprint density at radius 1 is 1.37 bits per heavy atom. The molecule has 0 saturated heterocycles. The van der Waals surface area contributed by atoms with Gasteiger partial charge in [-0.05, 0) is 24.3 Å². The van der Waals surface area contributed by atoms with E-state index in [4.69, 9.17) is 21.1 Å². The molecule has 0 bridgehead atoms. The van der Waals surface area contributed by atoms with Crippen LogP contribution in [0.2, 0.25) is 5.02 Å². The minimum absolute atomic E-state index is 0.272. The van der Waals surface area contributed by atoms with Crippen molar-refractivity contribution in [3.8, 4) is 11.5 Å². The summed E-state index contributed by atoms with van der Waals surface area (Å²) < 4.78 is 10.6. The van der Waals surface area contributed by atoms with E-state index in [9.17, 15) is 4.79 Å². The molecule has 0 aliphatic carbocycles. The molecule has 2 rings (SSSR count). The van der Waals surface area contributed by atoms with Crippen LogP contribution in [0.5, 0.6) is 11.5 Å². The first-order valence-corrected chi connectivity index (χ1v) is 5.97. The quantitative estimate of drug-likeness (QED) is 0.788. The van der Waals surface area contributed by atoms with Crippen molar-refractivity contribution in [2.75, 3.05) is 7.11 Å². The number of carbonyl (C=O) groups excluding carboxylic acids is 1. The normalized spacial score (nSPS) is 10.0. The van der Waals surface area contributed by atoms with Gasteiger partial charge in [0, 0.05) is 18.0 Å². The molecule has 0 N–H and O–H groups in total. The molecule has 0 radical (unpaired) electrons. The molecule has 0 amide bonds. The maximum Gasteiger partial charge on any atom is 0.153 e. The molecule has 4 nitrogen and oxygen atoms in total. The third kappa shape index (κ3) is 3.23. The Kier molecular flexibility index (Phi) is 4.36. The summed E-state index contributed by atoms with van der Waals surface area (Å²) in [5, 5.41) is 0.531. The molecule has 19 heavy (non-hydrogen) atoms. The van der Waals surface area contributed by atoms with Crippen molar-refractivity contribution in [2.24, 2.45) is 0 Å². The van der Waals surface area contributed by atoms with E-state index in [1.165, 1.54) is 0 Å². The lowest BCUT2D eigenvalue weighted by molar-refractivity contribution is 0.111. The van der Waals surface area contributed by atoms with Crippen LogP contribution in [0.1, 0.15) is 15.9 Å². The van der Waals surface area contributed by atoms with E-state index >= 15 is 0 Å². The monoisotopic (exact) mass is 277 g/mol. The molecule has 0 saturated carbocycles. The lowest BCUT2D eigenvalue weighted by Crippen LogP contribution is -1.99. The summed E-state index contributed by atoms with van der Waals surface area (Å²) in [4.78, 5) is 14.9. The fourth-order valence-corrected chi connectivity index (χ4v) is 1.73. The van der Waals surface area contributed by atoms with Crippen LogP contribution in [0.4, 0.5) is 0 Å². The zero-order valence-corrected chi connectivity index (χ0v) is 11.1. The Bertz CT molecular complexity index is 587. The van der Waals surface area contributed by atoms with Gasteiger partial charge in [-0.25, -0.2) is 0 Å². The Morgan fingerprint density at radius 3 is 2.89 bits per heavy atom. The summed E-state index contributed by atoms with van der Waals surface area (Å²) >= 11 is 5.98. The van der Waals surface area contributed by atoms with Crippen LogP contribution in [0, 0.1) is 0 Å². The smallest absolute Gasteiger partial charge is 0.153 e. The van der Waals surface area contributed by atoms with Crippen molar-refractivity contribution in [3.05, 3.63) is 52.8 Å². The van der Waals surface area contributed by atoms with Crippen LogP contribution in [-0.2, 0) is 6.61 Å². The fourth-order valence-electron chi connectivity index (χ4n) is 1.55. The number of benzene rings is 1. The lowest BCUT2D eigenvalue weighted by atomic mass is 10.2. The average Bonchev–Trinajstić information content (AvgIpc) is 2.46. The first-order valence-electron chi connectivity index (χ1n) is 5.59. The van der Waals surface area contributed by atoms with E-state index < -0.39 is 0 Å². The maximum atomic E-state index is 11.0. The number of ether oxygens (including phenoxy) is 2. The molecular weight excluding hydrogens is 266 g/mol. The average molecular weight is 278 g/mol. The zero-order chi connectivity index (χ0) is 13.7. The maximum absolute atomic E-state index is 11.0. The third-order valence-electron chi connectivity index (χ3n) is 2.58. The van der Waals surface area contributed by atoms with Crippen molar-refractivity contribution < 1.29 is 14.3 Å².